The Hall–Kier alpha value is -1.67. The van der Waals surface area contributed by atoms with Crippen molar-refractivity contribution in [1.29, 1.82) is 0 Å². The number of aliphatic hydroxyl groups excluding tert-OH is 1. The topological polar surface area (TPSA) is 125 Å². The molecule has 6 atom stereocenters. The smallest absolute Gasteiger partial charge is 0.251 e. The van der Waals surface area contributed by atoms with Crippen LogP contribution in [0.2, 0.25) is 0 Å². The summed E-state index contributed by atoms with van der Waals surface area (Å²) in [6.07, 6.45) is 4.73. The highest BCUT2D eigenvalue weighted by Gasteiger charge is 2.51. The Balaban J connectivity index is 1.74. The Morgan fingerprint density at radius 1 is 1.16 bits per heavy atom. The minimum atomic E-state index is -1.30. The standard InChI is InChI=1S/C23H40N4O4/c1-5-7-16(18(28)21(30)25-14-10-11-14)26-20(29)17-15-9-6-8-13(15)12-27(17)22(31)19(24)23(2,3)4/h13-19,28H,5-12,24H2,1-4H3,(H,25,30)(H,26,29). The molecule has 0 radical (unpaired) electrons. The van der Waals surface area contributed by atoms with Crippen LogP contribution in [0.1, 0.15) is 72.6 Å². The summed E-state index contributed by atoms with van der Waals surface area (Å²) in [7, 11) is 0. The summed E-state index contributed by atoms with van der Waals surface area (Å²) >= 11 is 0. The maximum atomic E-state index is 13.4. The molecule has 0 bridgehead atoms. The Labute approximate surface area is 185 Å². The van der Waals surface area contributed by atoms with Gasteiger partial charge in [-0.1, -0.05) is 40.5 Å². The normalized spacial score (nSPS) is 28.6. The molecule has 31 heavy (non-hydrogen) atoms. The summed E-state index contributed by atoms with van der Waals surface area (Å²) in [4.78, 5) is 40.7. The summed E-state index contributed by atoms with van der Waals surface area (Å²) in [6, 6.07) is -1.82. The third kappa shape index (κ3) is 5.40. The second-order valence-corrected chi connectivity index (χ2v) is 10.8. The zero-order chi connectivity index (χ0) is 22.9. The lowest BCUT2D eigenvalue weighted by Crippen LogP contribution is -2.59. The van der Waals surface area contributed by atoms with Crippen molar-refractivity contribution in [2.24, 2.45) is 23.0 Å². The molecule has 0 spiro atoms. The monoisotopic (exact) mass is 436 g/mol. The minimum Gasteiger partial charge on any atom is -0.381 e. The second kappa shape index (κ2) is 9.45. The van der Waals surface area contributed by atoms with Crippen LogP contribution in [0, 0.1) is 17.3 Å². The fourth-order valence-electron chi connectivity index (χ4n) is 5.00. The zero-order valence-electron chi connectivity index (χ0n) is 19.4. The molecule has 176 valence electrons. The average molecular weight is 437 g/mol. The fraction of sp³-hybridized carbons (Fsp3) is 0.870. The van der Waals surface area contributed by atoms with Crippen LogP contribution >= 0.6 is 0 Å². The van der Waals surface area contributed by atoms with E-state index in [1.807, 2.05) is 27.7 Å². The molecule has 5 N–H and O–H groups in total. The van der Waals surface area contributed by atoms with E-state index in [1.165, 1.54) is 0 Å². The van der Waals surface area contributed by atoms with Gasteiger partial charge in [0.25, 0.3) is 5.91 Å². The van der Waals surface area contributed by atoms with E-state index in [9.17, 15) is 19.5 Å². The summed E-state index contributed by atoms with van der Waals surface area (Å²) in [5.74, 6) is -0.494. The van der Waals surface area contributed by atoms with Gasteiger partial charge in [0.05, 0.1) is 12.1 Å². The average Bonchev–Trinajstić information content (AvgIpc) is 3.26. The maximum absolute atomic E-state index is 13.4. The number of nitrogens with one attached hydrogen (secondary N) is 2. The molecule has 3 aliphatic rings. The van der Waals surface area contributed by atoms with Crippen molar-refractivity contribution in [2.75, 3.05) is 6.54 Å². The van der Waals surface area contributed by atoms with Crippen molar-refractivity contribution < 1.29 is 19.5 Å². The van der Waals surface area contributed by atoms with Crippen molar-refractivity contribution >= 4 is 17.7 Å². The van der Waals surface area contributed by atoms with E-state index in [2.05, 4.69) is 10.6 Å². The molecule has 1 aliphatic heterocycles. The molecule has 2 aliphatic carbocycles. The number of fused-ring (bicyclic) bond motifs is 1. The first kappa shape index (κ1) is 24.0. The van der Waals surface area contributed by atoms with E-state index >= 15 is 0 Å². The highest BCUT2D eigenvalue weighted by atomic mass is 16.3. The van der Waals surface area contributed by atoms with E-state index in [1.54, 1.807) is 4.90 Å². The maximum Gasteiger partial charge on any atom is 0.251 e. The molecule has 3 amide bonds. The number of carbonyl (C=O) groups excluding carboxylic acids is 3. The molecule has 6 unspecified atom stereocenters. The molecule has 8 nitrogen and oxygen atoms in total. The summed E-state index contributed by atoms with van der Waals surface area (Å²) in [5, 5.41) is 16.3. The lowest BCUT2D eigenvalue weighted by Gasteiger charge is -2.34. The van der Waals surface area contributed by atoms with E-state index in [-0.39, 0.29) is 23.8 Å². The van der Waals surface area contributed by atoms with Crippen LogP contribution in [-0.4, -0.2) is 64.5 Å². The molecular weight excluding hydrogens is 396 g/mol. The number of hydrogen-bond donors (Lipinski definition) is 4. The summed E-state index contributed by atoms with van der Waals surface area (Å²) < 4.78 is 0. The van der Waals surface area contributed by atoms with Crippen molar-refractivity contribution in [3.05, 3.63) is 0 Å². The summed E-state index contributed by atoms with van der Waals surface area (Å²) in [6.45, 7) is 8.27. The van der Waals surface area contributed by atoms with E-state index < -0.39 is 35.6 Å². The number of nitrogens with zero attached hydrogens (tertiary/aromatic N) is 1. The number of carbonyl (C=O) groups is 3. The van der Waals surface area contributed by atoms with Gasteiger partial charge < -0.3 is 26.4 Å². The Morgan fingerprint density at radius 3 is 2.42 bits per heavy atom. The Bertz CT molecular complexity index is 688. The first-order chi connectivity index (χ1) is 14.5. The SMILES string of the molecule is CCCC(NC(=O)C1C2CCCC2CN1C(=O)C(N)C(C)(C)C)C(O)C(=O)NC1CC1. The number of rotatable bonds is 8. The van der Waals surface area contributed by atoms with Crippen LogP contribution in [0.15, 0.2) is 0 Å². The van der Waals surface area contributed by atoms with E-state index in [4.69, 9.17) is 5.73 Å². The molecule has 8 heteroatoms. The van der Waals surface area contributed by atoms with Gasteiger partial charge in [-0.2, -0.15) is 0 Å². The van der Waals surface area contributed by atoms with Crippen molar-refractivity contribution in [1.82, 2.24) is 15.5 Å². The lowest BCUT2D eigenvalue weighted by atomic mass is 9.86. The van der Waals surface area contributed by atoms with Gasteiger partial charge in [-0.3, -0.25) is 14.4 Å². The van der Waals surface area contributed by atoms with Gasteiger partial charge in [0.15, 0.2) is 6.10 Å². The molecule has 3 fully saturated rings. The van der Waals surface area contributed by atoms with Gasteiger partial charge in [0.2, 0.25) is 11.8 Å². The molecule has 2 saturated carbocycles. The van der Waals surface area contributed by atoms with E-state index in [0.29, 0.717) is 25.3 Å². The fourth-order valence-corrected chi connectivity index (χ4v) is 5.00. The molecule has 3 rings (SSSR count). The third-order valence-electron chi connectivity index (χ3n) is 7.14. The van der Waals surface area contributed by atoms with Crippen molar-refractivity contribution in [3.63, 3.8) is 0 Å². The zero-order valence-corrected chi connectivity index (χ0v) is 19.4. The minimum absolute atomic E-state index is 0.107. The third-order valence-corrected chi connectivity index (χ3v) is 7.14. The molecule has 0 aromatic heterocycles. The largest absolute Gasteiger partial charge is 0.381 e. The van der Waals surface area contributed by atoms with Gasteiger partial charge >= 0.3 is 0 Å². The predicted octanol–water partition coefficient (Wildman–Crippen LogP) is 0.911. The van der Waals surface area contributed by atoms with Crippen molar-refractivity contribution in [2.45, 2.75) is 103 Å². The van der Waals surface area contributed by atoms with Gasteiger partial charge in [0, 0.05) is 12.6 Å². The number of amides is 3. The highest BCUT2D eigenvalue weighted by molar-refractivity contribution is 5.92. The van der Waals surface area contributed by atoms with Gasteiger partial charge in [-0.15, -0.1) is 0 Å². The van der Waals surface area contributed by atoms with Gasteiger partial charge in [-0.25, -0.2) is 0 Å². The lowest BCUT2D eigenvalue weighted by molar-refractivity contribution is -0.143. The molecule has 0 aromatic carbocycles. The van der Waals surface area contributed by atoms with Crippen molar-refractivity contribution in [3.8, 4) is 0 Å². The molecule has 1 saturated heterocycles. The molecule has 1 heterocycles. The first-order valence-electron chi connectivity index (χ1n) is 11.9. The Kier molecular flexibility index (Phi) is 7.31. The highest BCUT2D eigenvalue weighted by Crippen LogP contribution is 2.43. The van der Waals surface area contributed by atoms with E-state index in [0.717, 1.165) is 32.1 Å². The first-order valence-corrected chi connectivity index (χ1v) is 11.9. The summed E-state index contributed by atoms with van der Waals surface area (Å²) in [5.41, 5.74) is 5.86. The number of likely N-dealkylation sites (tertiary alicyclic amines) is 1. The number of nitrogens with two attached hydrogens (primary N) is 1. The van der Waals surface area contributed by atoms with Crippen LogP contribution in [0.5, 0.6) is 0 Å². The van der Waals surface area contributed by atoms with Crippen LogP contribution in [0.4, 0.5) is 0 Å². The van der Waals surface area contributed by atoms with Crippen LogP contribution in [0.3, 0.4) is 0 Å². The van der Waals surface area contributed by atoms with Crippen LogP contribution in [-0.2, 0) is 14.4 Å². The molecule has 0 aromatic rings. The Morgan fingerprint density at radius 2 is 1.84 bits per heavy atom. The van der Waals surface area contributed by atoms with Gasteiger partial charge in [-0.05, 0) is 49.4 Å². The molecular formula is C23H40N4O4. The van der Waals surface area contributed by atoms with Gasteiger partial charge in [0.1, 0.15) is 6.04 Å². The van der Waals surface area contributed by atoms with Crippen LogP contribution in [0.25, 0.3) is 0 Å². The second-order valence-electron chi connectivity index (χ2n) is 10.8. The quantitative estimate of drug-likeness (QED) is 0.450. The number of hydrogen-bond acceptors (Lipinski definition) is 5. The van der Waals surface area contributed by atoms with Crippen LogP contribution < -0.4 is 16.4 Å². The predicted molar refractivity (Wildman–Crippen MR) is 118 cm³/mol. The number of aliphatic hydroxyl groups is 1.